The SMILES string of the molecule is O=C1Nc2cc(C(F)(F)F)ccc2/C1=C\c1ccc(-c2cc(Cl)ccc2Cl)o1. The quantitative estimate of drug-likeness (QED) is 0.462. The molecule has 0 aliphatic carbocycles. The second-order valence-corrected chi connectivity index (χ2v) is 6.94. The van der Waals surface area contributed by atoms with Crippen LogP contribution in [0.1, 0.15) is 16.9 Å². The summed E-state index contributed by atoms with van der Waals surface area (Å²) >= 11 is 12.1. The smallest absolute Gasteiger partial charge is 0.416 e. The molecule has 1 aliphatic rings. The molecule has 8 heteroatoms. The van der Waals surface area contributed by atoms with Gasteiger partial charge in [-0.1, -0.05) is 29.3 Å². The third-order valence-electron chi connectivity index (χ3n) is 4.24. The van der Waals surface area contributed by atoms with Crippen molar-refractivity contribution in [2.24, 2.45) is 0 Å². The van der Waals surface area contributed by atoms with E-state index in [9.17, 15) is 18.0 Å². The van der Waals surface area contributed by atoms with Gasteiger partial charge in [-0.25, -0.2) is 0 Å². The molecule has 1 amide bonds. The van der Waals surface area contributed by atoms with E-state index in [0.29, 0.717) is 32.7 Å². The number of fused-ring (bicyclic) bond motifs is 1. The molecule has 0 saturated heterocycles. The van der Waals surface area contributed by atoms with Gasteiger partial charge >= 0.3 is 6.18 Å². The summed E-state index contributed by atoms with van der Waals surface area (Å²) in [7, 11) is 0. The fourth-order valence-corrected chi connectivity index (χ4v) is 3.30. The molecule has 4 rings (SSSR count). The van der Waals surface area contributed by atoms with Gasteiger partial charge in [0.15, 0.2) is 0 Å². The third-order valence-corrected chi connectivity index (χ3v) is 4.80. The maximum absolute atomic E-state index is 12.9. The molecule has 142 valence electrons. The van der Waals surface area contributed by atoms with Crippen LogP contribution < -0.4 is 5.32 Å². The van der Waals surface area contributed by atoms with Gasteiger partial charge in [-0.05, 0) is 48.5 Å². The number of furan rings is 1. The van der Waals surface area contributed by atoms with Crippen molar-refractivity contribution < 1.29 is 22.4 Å². The summed E-state index contributed by atoms with van der Waals surface area (Å²) in [6.45, 7) is 0. The van der Waals surface area contributed by atoms with E-state index in [4.69, 9.17) is 27.6 Å². The van der Waals surface area contributed by atoms with E-state index in [1.54, 1.807) is 30.3 Å². The highest BCUT2D eigenvalue weighted by Gasteiger charge is 2.33. The largest absolute Gasteiger partial charge is 0.457 e. The Morgan fingerprint density at radius 3 is 2.50 bits per heavy atom. The highest BCUT2D eigenvalue weighted by Crippen LogP contribution is 2.39. The van der Waals surface area contributed by atoms with Crippen LogP contribution in [-0.2, 0) is 11.0 Å². The molecular formula is C20H10Cl2F3NO2. The third kappa shape index (κ3) is 3.41. The summed E-state index contributed by atoms with van der Waals surface area (Å²) < 4.78 is 44.3. The number of carbonyl (C=O) groups is 1. The van der Waals surface area contributed by atoms with Gasteiger partial charge in [0.1, 0.15) is 11.5 Å². The van der Waals surface area contributed by atoms with Gasteiger partial charge in [0, 0.05) is 21.8 Å². The van der Waals surface area contributed by atoms with Crippen molar-refractivity contribution in [3.63, 3.8) is 0 Å². The van der Waals surface area contributed by atoms with Gasteiger partial charge in [-0.2, -0.15) is 13.2 Å². The Bertz CT molecular complexity index is 1130. The van der Waals surface area contributed by atoms with Crippen LogP contribution in [0, 0.1) is 0 Å². The van der Waals surface area contributed by atoms with Gasteiger partial charge in [0.2, 0.25) is 0 Å². The zero-order chi connectivity index (χ0) is 20.1. The highest BCUT2D eigenvalue weighted by molar-refractivity contribution is 6.35. The first-order chi connectivity index (χ1) is 13.2. The van der Waals surface area contributed by atoms with Crippen LogP contribution in [-0.4, -0.2) is 5.91 Å². The van der Waals surface area contributed by atoms with Gasteiger partial charge in [0.25, 0.3) is 5.91 Å². The van der Waals surface area contributed by atoms with Crippen molar-refractivity contribution in [3.8, 4) is 11.3 Å². The lowest BCUT2D eigenvalue weighted by atomic mass is 10.0. The first kappa shape index (κ1) is 18.7. The summed E-state index contributed by atoms with van der Waals surface area (Å²) in [6, 6.07) is 11.3. The topological polar surface area (TPSA) is 42.2 Å². The summed E-state index contributed by atoms with van der Waals surface area (Å²) in [5.41, 5.74) is 0.447. The molecular weight excluding hydrogens is 414 g/mol. The first-order valence-corrected chi connectivity index (χ1v) is 8.78. The van der Waals surface area contributed by atoms with Crippen LogP contribution in [0.25, 0.3) is 23.0 Å². The molecule has 3 aromatic rings. The molecule has 1 N–H and O–H groups in total. The lowest BCUT2D eigenvalue weighted by molar-refractivity contribution is -0.137. The minimum Gasteiger partial charge on any atom is -0.457 e. The number of benzene rings is 2. The summed E-state index contributed by atoms with van der Waals surface area (Å²) in [5, 5.41) is 3.38. The molecule has 0 spiro atoms. The van der Waals surface area contributed by atoms with Gasteiger partial charge in [-0.3, -0.25) is 4.79 Å². The van der Waals surface area contributed by atoms with Crippen LogP contribution in [0.5, 0.6) is 0 Å². The van der Waals surface area contributed by atoms with Crippen LogP contribution in [0.2, 0.25) is 10.0 Å². The summed E-state index contributed by atoms with van der Waals surface area (Å²) in [6.07, 6.45) is -3.02. The Labute approximate surface area is 167 Å². The number of amides is 1. The second-order valence-electron chi connectivity index (χ2n) is 6.10. The molecule has 0 bridgehead atoms. The molecule has 1 aromatic heterocycles. The van der Waals surface area contributed by atoms with Crippen LogP contribution in [0.3, 0.4) is 0 Å². The number of hydrogen-bond acceptors (Lipinski definition) is 2. The van der Waals surface area contributed by atoms with Crippen molar-refractivity contribution in [2.75, 3.05) is 5.32 Å². The maximum Gasteiger partial charge on any atom is 0.416 e. The number of carbonyl (C=O) groups excluding carboxylic acids is 1. The molecule has 0 saturated carbocycles. The van der Waals surface area contributed by atoms with E-state index in [0.717, 1.165) is 12.1 Å². The normalized spacial score (nSPS) is 15.0. The lowest BCUT2D eigenvalue weighted by Crippen LogP contribution is -2.06. The van der Waals surface area contributed by atoms with E-state index in [-0.39, 0.29) is 11.3 Å². The fraction of sp³-hybridized carbons (Fsp3) is 0.0500. The fourth-order valence-electron chi connectivity index (χ4n) is 2.92. The standard InChI is InChI=1S/C20H10Cl2F3NO2/c21-11-2-5-16(22)15(8-11)18-6-3-12(28-18)9-14-13-4-1-10(20(23,24)25)7-17(13)26-19(14)27/h1-9H,(H,26,27)/b14-9+. The molecule has 0 radical (unpaired) electrons. The Hall–Kier alpha value is -2.70. The Morgan fingerprint density at radius 1 is 0.964 bits per heavy atom. The van der Waals surface area contributed by atoms with Gasteiger partial charge in [-0.15, -0.1) is 0 Å². The number of hydrogen-bond donors (Lipinski definition) is 1. The zero-order valence-electron chi connectivity index (χ0n) is 13.9. The number of anilines is 1. The molecule has 1 aliphatic heterocycles. The summed E-state index contributed by atoms with van der Waals surface area (Å²) in [4.78, 5) is 12.2. The predicted octanol–water partition coefficient (Wildman–Crippen LogP) is 6.76. The average Bonchev–Trinajstić information content (AvgIpc) is 3.21. The van der Waals surface area contributed by atoms with Crippen molar-refractivity contribution >= 4 is 46.4 Å². The molecule has 28 heavy (non-hydrogen) atoms. The van der Waals surface area contributed by atoms with Crippen molar-refractivity contribution in [2.45, 2.75) is 6.18 Å². The zero-order valence-corrected chi connectivity index (χ0v) is 15.4. The average molecular weight is 424 g/mol. The highest BCUT2D eigenvalue weighted by atomic mass is 35.5. The van der Waals surface area contributed by atoms with Crippen molar-refractivity contribution in [1.29, 1.82) is 0 Å². The van der Waals surface area contributed by atoms with Crippen molar-refractivity contribution in [3.05, 3.63) is 75.5 Å². The molecule has 3 nitrogen and oxygen atoms in total. The van der Waals surface area contributed by atoms with Crippen molar-refractivity contribution in [1.82, 2.24) is 0 Å². The second kappa shape index (κ2) is 6.72. The molecule has 0 fully saturated rings. The van der Waals surface area contributed by atoms with E-state index >= 15 is 0 Å². The maximum atomic E-state index is 12.9. The van der Waals surface area contributed by atoms with Gasteiger partial charge in [0.05, 0.1) is 16.2 Å². The first-order valence-electron chi connectivity index (χ1n) is 8.02. The number of alkyl halides is 3. The minimum atomic E-state index is -4.49. The monoisotopic (exact) mass is 423 g/mol. The van der Waals surface area contributed by atoms with E-state index in [1.807, 2.05) is 0 Å². The lowest BCUT2D eigenvalue weighted by Gasteiger charge is -2.07. The Balaban J connectivity index is 1.71. The van der Waals surface area contributed by atoms with E-state index in [2.05, 4.69) is 5.32 Å². The van der Waals surface area contributed by atoms with E-state index in [1.165, 1.54) is 12.1 Å². The number of rotatable bonds is 2. The predicted molar refractivity (Wildman–Crippen MR) is 102 cm³/mol. The molecule has 0 unspecified atom stereocenters. The van der Waals surface area contributed by atoms with Crippen LogP contribution >= 0.6 is 23.2 Å². The van der Waals surface area contributed by atoms with Crippen LogP contribution in [0.15, 0.2) is 52.9 Å². The minimum absolute atomic E-state index is 0.107. The molecule has 2 heterocycles. The number of nitrogens with one attached hydrogen (secondary N) is 1. The Morgan fingerprint density at radius 2 is 1.75 bits per heavy atom. The van der Waals surface area contributed by atoms with E-state index < -0.39 is 17.6 Å². The molecule has 2 aromatic carbocycles. The summed E-state index contributed by atoms with van der Waals surface area (Å²) in [5.74, 6) is 0.294. The number of halogens is 5. The van der Waals surface area contributed by atoms with Gasteiger partial charge < -0.3 is 9.73 Å². The molecule has 0 atom stereocenters. The Kier molecular flexibility index (Phi) is 4.48. The van der Waals surface area contributed by atoms with Crippen LogP contribution in [0.4, 0.5) is 18.9 Å².